The zero-order valence-corrected chi connectivity index (χ0v) is 11.4. The van der Waals surface area contributed by atoms with Crippen LogP contribution in [0.15, 0.2) is 17.5 Å². The van der Waals surface area contributed by atoms with Crippen LogP contribution in [0.25, 0.3) is 0 Å². The number of carbonyl (C=O) groups is 2. The SMILES string of the molecule is CC[C@H](CO)NC(=O)CN(C)C(=O)c1cccs1. The molecule has 0 radical (unpaired) electrons. The first-order valence-electron chi connectivity index (χ1n) is 5.77. The fraction of sp³-hybridized carbons (Fsp3) is 0.500. The number of rotatable bonds is 6. The lowest BCUT2D eigenvalue weighted by molar-refractivity contribution is -0.122. The van der Waals surface area contributed by atoms with Crippen molar-refractivity contribution >= 4 is 23.2 Å². The van der Waals surface area contributed by atoms with Crippen molar-refractivity contribution in [2.75, 3.05) is 20.2 Å². The lowest BCUT2D eigenvalue weighted by Gasteiger charge is -2.19. The molecule has 1 atom stereocenters. The molecule has 1 heterocycles. The molecular formula is C12H18N2O3S. The number of aliphatic hydroxyl groups excluding tert-OH is 1. The fourth-order valence-corrected chi connectivity index (χ4v) is 2.14. The number of likely N-dealkylation sites (N-methyl/N-ethyl adjacent to an activating group) is 1. The van der Waals surface area contributed by atoms with Crippen molar-refractivity contribution in [1.29, 1.82) is 0 Å². The lowest BCUT2D eigenvalue weighted by atomic mass is 10.2. The number of thiophene rings is 1. The fourth-order valence-electron chi connectivity index (χ4n) is 1.43. The summed E-state index contributed by atoms with van der Waals surface area (Å²) < 4.78 is 0. The summed E-state index contributed by atoms with van der Waals surface area (Å²) >= 11 is 1.35. The van der Waals surface area contributed by atoms with Crippen molar-refractivity contribution in [3.8, 4) is 0 Å². The number of aliphatic hydroxyl groups is 1. The maximum absolute atomic E-state index is 11.9. The van der Waals surface area contributed by atoms with Crippen molar-refractivity contribution in [2.24, 2.45) is 0 Å². The van der Waals surface area contributed by atoms with E-state index in [-0.39, 0.29) is 31.0 Å². The van der Waals surface area contributed by atoms with E-state index in [0.29, 0.717) is 11.3 Å². The van der Waals surface area contributed by atoms with E-state index in [4.69, 9.17) is 5.11 Å². The molecule has 0 spiro atoms. The van der Waals surface area contributed by atoms with E-state index < -0.39 is 0 Å². The largest absolute Gasteiger partial charge is 0.394 e. The first kappa shape index (κ1) is 14.7. The molecule has 0 saturated heterocycles. The minimum atomic E-state index is -0.261. The van der Waals surface area contributed by atoms with Gasteiger partial charge in [0, 0.05) is 7.05 Å². The van der Waals surface area contributed by atoms with Crippen LogP contribution in [0.4, 0.5) is 0 Å². The van der Waals surface area contributed by atoms with Gasteiger partial charge in [-0.15, -0.1) is 11.3 Å². The monoisotopic (exact) mass is 270 g/mol. The molecule has 1 rings (SSSR count). The Balaban J connectivity index is 2.47. The molecule has 100 valence electrons. The Bertz CT molecular complexity index is 388. The van der Waals surface area contributed by atoms with Crippen LogP contribution in [0.3, 0.4) is 0 Å². The van der Waals surface area contributed by atoms with Crippen molar-refractivity contribution in [1.82, 2.24) is 10.2 Å². The van der Waals surface area contributed by atoms with E-state index in [0.717, 1.165) is 0 Å². The summed E-state index contributed by atoms with van der Waals surface area (Å²) in [7, 11) is 1.58. The Kier molecular flexibility index (Phi) is 5.80. The van der Waals surface area contributed by atoms with Crippen molar-refractivity contribution < 1.29 is 14.7 Å². The second-order valence-corrected chi connectivity index (χ2v) is 4.94. The number of nitrogens with one attached hydrogen (secondary N) is 1. The van der Waals surface area contributed by atoms with Crippen LogP contribution in [0, 0.1) is 0 Å². The first-order chi connectivity index (χ1) is 8.58. The van der Waals surface area contributed by atoms with Gasteiger partial charge in [0.2, 0.25) is 5.91 Å². The number of hydrogen-bond donors (Lipinski definition) is 2. The zero-order valence-electron chi connectivity index (χ0n) is 10.5. The molecule has 0 aliphatic carbocycles. The summed E-state index contributed by atoms with van der Waals surface area (Å²) in [5.74, 6) is -0.430. The first-order valence-corrected chi connectivity index (χ1v) is 6.65. The third-order valence-corrected chi connectivity index (χ3v) is 3.40. The van der Waals surface area contributed by atoms with Gasteiger partial charge in [-0.25, -0.2) is 0 Å². The van der Waals surface area contributed by atoms with Crippen molar-refractivity contribution in [3.05, 3.63) is 22.4 Å². The molecule has 5 nitrogen and oxygen atoms in total. The second kappa shape index (κ2) is 7.13. The van der Waals surface area contributed by atoms with Gasteiger partial charge in [-0.05, 0) is 17.9 Å². The average Bonchev–Trinajstić information content (AvgIpc) is 2.88. The van der Waals surface area contributed by atoms with Crippen LogP contribution in [-0.4, -0.2) is 48.1 Å². The van der Waals surface area contributed by atoms with E-state index in [1.807, 2.05) is 12.3 Å². The van der Waals surface area contributed by atoms with Crippen LogP contribution in [-0.2, 0) is 4.79 Å². The molecule has 0 aliphatic heterocycles. The van der Waals surface area contributed by atoms with Gasteiger partial charge in [-0.1, -0.05) is 13.0 Å². The van der Waals surface area contributed by atoms with Gasteiger partial charge in [-0.2, -0.15) is 0 Å². The highest BCUT2D eigenvalue weighted by Crippen LogP contribution is 2.10. The predicted molar refractivity (Wildman–Crippen MR) is 70.6 cm³/mol. The molecule has 2 N–H and O–H groups in total. The van der Waals surface area contributed by atoms with Crippen LogP contribution in [0.2, 0.25) is 0 Å². The molecule has 2 amide bonds. The summed E-state index contributed by atoms with van der Waals surface area (Å²) in [6.45, 7) is 1.78. The third-order valence-electron chi connectivity index (χ3n) is 2.54. The van der Waals surface area contributed by atoms with Gasteiger partial charge in [-0.3, -0.25) is 9.59 Å². The van der Waals surface area contributed by atoms with Crippen molar-refractivity contribution in [3.63, 3.8) is 0 Å². The molecule has 0 unspecified atom stereocenters. The molecule has 18 heavy (non-hydrogen) atoms. The normalized spacial score (nSPS) is 11.9. The van der Waals surface area contributed by atoms with E-state index in [2.05, 4.69) is 5.32 Å². The standard InChI is InChI=1S/C12H18N2O3S/c1-3-9(8-15)13-11(16)7-14(2)12(17)10-5-4-6-18-10/h4-6,9,15H,3,7-8H2,1-2H3,(H,13,16)/t9-/m1/s1. The van der Waals surface area contributed by atoms with Crippen LogP contribution in [0.5, 0.6) is 0 Å². The topological polar surface area (TPSA) is 69.6 Å². The Hall–Kier alpha value is -1.40. The van der Waals surface area contributed by atoms with Crippen molar-refractivity contribution in [2.45, 2.75) is 19.4 Å². The molecular weight excluding hydrogens is 252 g/mol. The highest BCUT2D eigenvalue weighted by molar-refractivity contribution is 7.12. The number of hydrogen-bond acceptors (Lipinski definition) is 4. The maximum Gasteiger partial charge on any atom is 0.264 e. The second-order valence-electron chi connectivity index (χ2n) is 3.99. The van der Waals surface area contributed by atoms with Gasteiger partial charge >= 0.3 is 0 Å². The molecule has 1 aromatic rings. The van der Waals surface area contributed by atoms with Gasteiger partial charge in [0.05, 0.1) is 24.1 Å². The van der Waals surface area contributed by atoms with Crippen LogP contribution < -0.4 is 5.32 Å². The number of carbonyl (C=O) groups excluding carboxylic acids is 2. The summed E-state index contributed by atoms with van der Waals surface area (Å²) in [6.07, 6.45) is 0.658. The molecule has 0 fully saturated rings. The molecule has 0 bridgehead atoms. The highest BCUT2D eigenvalue weighted by Gasteiger charge is 2.17. The minimum Gasteiger partial charge on any atom is -0.394 e. The van der Waals surface area contributed by atoms with E-state index in [1.54, 1.807) is 19.2 Å². The molecule has 6 heteroatoms. The molecule has 0 aliphatic rings. The average molecular weight is 270 g/mol. The van der Waals surface area contributed by atoms with E-state index in [9.17, 15) is 9.59 Å². The number of nitrogens with zero attached hydrogens (tertiary/aromatic N) is 1. The summed E-state index contributed by atoms with van der Waals surface area (Å²) in [5.41, 5.74) is 0. The van der Waals surface area contributed by atoms with Gasteiger partial charge < -0.3 is 15.3 Å². The summed E-state index contributed by atoms with van der Waals surface area (Å²) in [5, 5.41) is 13.5. The van der Waals surface area contributed by atoms with Crippen LogP contribution >= 0.6 is 11.3 Å². The van der Waals surface area contributed by atoms with Gasteiger partial charge in [0.1, 0.15) is 0 Å². The van der Waals surface area contributed by atoms with E-state index in [1.165, 1.54) is 16.2 Å². The number of amides is 2. The van der Waals surface area contributed by atoms with Crippen LogP contribution in [0.1, 0.15) is 23.0 Å². The summed E-state index contributed by atoms with van der Waals surface area (Å²) in [6, 6.07) is 3.28. The Morgan fingerprint density at radius 3 is 2.78 bits per heavy atom. The minimum absolute atomic E-state index is 0.00671. The van der Waals surface area contributed by atoms with Gasteiger partial charge in [0.25, 0.3) is 5.91 Å². The smallest absolute Gasteiger partial charge is 0.264 e. The Labute approximate surface area is 110 Å². The molecule has 0 saturated carbocycles. The Morgan fingerprint density at radius 2 is 2.28 bits per heavy atom. The molecule has 0 aromatic carbocycles. The highest BCUT2D eigenvalue weighted by atomic mass is 32.1. The zero-order chi connectivity index (χ0) is 13.5. The quantitative estimate of drug-likeness (QED) is 0.799. The summed E-state index contributed by atoms with van der Waals surface area (Å²) in [4.78, 5) is 25.5. The third kappa shape index (κ3) is 4.12. The maximum atomic E-state index is 11.9. The van der Waals surface area contributed by atoms with E-state index >= 15 is 0 Å². The van der Waals surface area contributed by atoms with Gasteiger partial charge in [0.15, 0.2) is 0 Å². The molecule has 1 aromatic heterocycles. The Morgan fingerprint density at radius 1 is 1.56 bits per heavy atom. The lowest BCUT2D eigenvalue weighted by Crippen LogP contribution is -2.43. The predicted octanol–water partition coefficient (Wildman–Crippen LogP) is 0.707.